The second-order valence-corrected chi connectivity index (χ2v) is 6.64. The highest BCUT2D eigenvalue weighted by Gasteiger charge is 2.12. The van der Waals surface area contributed by atoms with Crippen LogP contribution in [-0.2, 0) is 0 Å². The molecule has 4 nitrogen and oxygen atoms in total. The van der Waals surface area contributed by atoms with E-state index in [1.807, 2.05) is 30.3 Å². The molecule has 0 spiro atoms. The van der Waals surface area contributed by atoms with Crippen molar-refractivity contribution < 1.29 is 9.31 Å². The van der Waals surface area contributed by atoms with Crippen LogP contribution in [0, 0.1) is 15.9 Å². The molecule has 0 radical (unpaired) electrons. The van der Waals surface area contributed by atoms with Crippen LogP contribution in [0.5, 0.6) is 0 Å². The third-order valence-corrected chi connectivity index (χ3v) is 4.88. The number of hydrogen-bond donors (Lipinski definition) is 0. The predicted molar refractivity (Wildman–Crippen MR) is 117 cm³/mol. The molecule has 3 aromatic carbocycles. The normalized spacial score (nSPS) is 11.0. The molecule has 0 fully saturated rings. The van der Waals surface area contributed by atoms with Crippen molar-refractivity contribution in [2.24, 2.45) is 0 Å². The lowest BCUT2D eigenvalue weighted by Crippen LogP contribution is -2.21. The zero-order chi connectivity index (χ0) is 20.8. The number of benzene rings is 3. The maximum atomic E-state index is 13.7. The first kappa shape index (κ1) is 20.3. The Labute approximate surface area is 170 Å². The van der Waals surface area contributed by atoms with E-state index in [0.29, 0.717) is 5.56 Å². The van der Waals surface area contributed by atoms with Crippen LogP contribution in [0.25, 0.3) is 23.3 Å². The molecule has 0 aliphatic carbocycles. The molecule has 0 aliphatic heterocycles. The third kappa shape index (κ3) is 4.88. The second-order valence-electron chi connectivity index (χ2n) is 6.64. The summed E-state index contributed by atoms with van der Waals surface area (Å²) in [7, 11) is 0. The fourth-order valence-electron chi connectivity index (χ4n) is 3.21. The number of nitro benzene ring substituents is 1. The fraction of sp³-hybridized carbons (Fsp3) is 0.167. The number of nitrogens with zero attached hydrogens (tertiary/aromatic N) is 2. The van der Waals surface area contributed by atoms with Gasteiger partial charge < -0.3 is 4.90 Å². The number of rotatable bonds is 7. The van der Waals surface area contributed by atoms with Crippen molar-refractivity contribution in [3.63, 3.8) is 0 Å². The molecule has 29 heavy (non-hydrogen) atoms. The van der Waals surface area contributed by atoms with E-state index < -0.39 is 16.4 Å². The molecule has 0 amide bonds. The highest BCUT2D eigenvalue weighted by molar-refractivity contribution is 5.73. The molecule has 0 aliphatic rings. The van der Waals surface area contributed by atoms with Crippen LogP contribution < -0.4 is 4.90 Å². The molecule has 0 atom stereocenters. The Balaban J connectivity index is 1.72. The van der Waals surface area contributed by atoms with Crippen molar-refractivity contribution in [2.45, 2.75) is 13.8 Å². The van der Waals surface area contributed by atoms with Gasteiger partial charge in [-0.2, -0.15) is 4.39 Å². The van der Waals surface area contributed by atoms with Gasteiger partial charge in [-0.05, 0) is 60.4 Å². The van der Waals surface area contributed by atoms with E-state index in [0.717, 1.165) is 29.8 Å². The number of nitro groups is 1. The fourth-order valence-corrected chi connectivity index (χ4v) is 3.21. The van der Waals surface area contributed by atoms with Gasteiger partial charge in [-0.3, -0.25) is 10.1 Å². The Morgan fingerprint density at radius 2 is 1.38 bits per heavy atom. The minimum absolute atomic E-state index is 0.515. The molecular formula is C24H23FN2O2. The van der Waals surface area contributed by atoms with Crippen LogP contribution in [0.2, 0.25) is 0 Å². The van der Waals surface area contributed by atoms with Crippen LogP contribution in [0.1, 0.15) is 25.0 Å². The third-order valence-electron chi connectivity index (χ3n) is 4.88. The molecule has 0 saturated carbocycles. The predicted octanol–water partition coefficient (Wildman–Crippen LogP) is 6.42. The number of halogens is 1. The molecular weight excluding hydrogens is 367 g/mol. The Kier molecular flexibility index (Phi) is 6.39. The maximum absolute atomic E-state index is 13.7. The minimum atomic E-state index is -0.833. The average Bonchev–Trinajstić information content (AvgIpc) is 2.74. The average molecular weight is 390 g/mol. The van der Waals surface area contributed by atoms with Crippen LogP contribution in [0.4, 0.5) is 15.8 Å². The van der Waals surface area contributed by atoms with Crippen LogP contribution in [0.15, 0.2) is 66.7 Å². The summed E-state index contributed by atoms with van der Waals surface area (Å²) in [6, 6.07) is 20.5. The number of anilines is 1. The summed E-state index contributed by atoms with van der Waals surface area (Å²) < 4.78 is 13.7. The summed E-state index contributed by atoms with van der Waals surface area (Å²) in [5.74, 6) is -0.833. The first-order valence-electron chi connectivity index (χ1n) is 9.59. The van der Waals surface area contributed by atoms with Crippen molar-refractivity contribution in [2.75, 3.05) is 18.0 Å². The molecule has 0 N–H and O–H groups in total. The highest BCUT2D eigenvalue weighted by atomic mass is 19.1. The first-order valence-corrected chi connectivity index (χ1v) is 9.59. The van der Waals surface area contributed by atoms with Gasteiger partial charge in [-0.15, -0.1) is 0 Å². The van der Waals surface area contributed by atoms with E-state index in [4.69, 9.17) is 0 Å². The van der Waals surface area contributed by atoms with E-state index >= 15 is 0 Å². The largest absolute Gasteiger partial charge is 0.372 e. The van der Waals surface area contributed by atoms with Gasteiger partial charge in [0.15, 0.2) is 0 Å². The smallest absolute Gasteiger partial charge is 0.304 e. The van der Waals surface area contributed by atoms with Crippen molar-refractivity contribution in [1.29, 1.82) is 0 Å². The monoisotopic (exact) mass is 390 g/mol. The summed E-state index contributed by atoms with van der Waals surface area (Å²) >= 11 is 0. The lowest BCUT2D eigenvalue weighted by Gasteiger charge is -2.21. The van der Waals surface area contributed by atoms with Gasteiger partial charge in [-0.25, -0.2) is 0 Å². The molecule has 5 heteroatoms. The molecule has 0 saturated heterocycles. The maximum Gasteiger partial charge on any atom is 0.304 e. The van der Waals surface area contributed by atoms with Gasteiger partial charge in [0, 0.05) is 24.8 Å². The van der Waals surface area contributed by atoms with E-state index in [9.17, 15) is 14.5 Å². The summed E-state index contributed by atoms with van der Waals surface area (Å²) in [5.41, 5.74) is 4.51. The lowest BCUT2D eigenvalue weighted by atomic mass is 10.0. The Hall–Kier alpha value is -3.47. The standard InChI is InChI=1S/C24H23FN2O2/c1-3-26(4-2)22-14-12-21(13-15-22)20-10-7-18(8-11-20)5-6-19-9-16-24(27(28)29)23(25)17-19/h5-17H,3-4H2,1-2H3/b6-5+. The van der Waals surface area contributed by atoms with E-state index in [2.05, 4.69) is 43.0 Å². The lowest BCUT2D eigenvalue weighted by molar-refractivity contribution is -0.387. The molecule has 0 heterocycles. The van der Waals surface area contributed by atoms with Crippen LogP contribution in [-0.4, -0.2) is 18.0 Å². The summed E-state index contributed by atoms with van der Waals surface area (Å²) in [6.07, 6.45) is 3.59. The molecule has 0 unspecified atom stereocenters. The Morgan fingerprint density at radius 3 is 1.90 bits per heavy atom. The van der Waals surface area contributed by atoms with Gasteiger partial charge in [0.1, 0.15) is 0 Å². The number of hydrogen-bond acceptors (Lipinski definition) is 3. The second kappa shape index (κ2) is 9.15. The van der Waals surface area contributed by atoms with Crippen molar-refractivity contribution in [1.82, 2.24) is 0 Å². The summed E-state index contributed by atoms with van der Waals surface area (Å²) in [4.78, 5) is 12.3. The Morgan fingerprint density at radius 1 is 0.862 bits per heavy atom. The van der Waals surface area contributed by atoms with Crippen LogP contribution >= 0.6 is 0 Å². The van der Waals surface area contributed by atoms with Gasteiger partial charge in [0.2, 0.25) is 5.82 Å². The van der Waals surface area contributed by atoms with Crippen LogP contribution in [0.3, 0.4) is 0 Å². The zero-order valence-electron chi connectivity index (χ0n) is 16.5. The van der Waals surface area contributed by atoms with E-state index in [-0.39, 0.29) is 0 Å². The van der Waals surface area contributed by atoms with Crippen molar-refractivity contribution in [3.8, 4) is 11.1 Å². The first-order chi connectivity index (χ1) is 14.0. The SMILES string of the molecule is CCN(CC)c1ccc(-c2ccc(/C=C/c3ccc([N+](=O)[O-])c(F)c3)cc2)cc1. The molecule has 3 rings (SSSR count). The zero-order valence-corrected chi connectivity index (χ0v) is 16.5. The Bertz CT molecular complexity index is 1010. The highest BCUT2D eigenvalue weighted by Crippen LogP contribution is 2.24. The molecule has 148 valence electrons. The van der Waals surface area contributed by atoms with Gasteiger partial charge in [0.25, 0.3) is 0 Å². The summed E-state index contributed by atoms with van der Waals surface area (Å²) in [6.45, 7) is 6.26. The van der Waals surface area contributed by atoms with E-state index in [1.165, 1.54) is 23.9 Å². The van der Waals surface area contributed by atoms with Gasteiger partial charge in [0.05, 0.1) is 4.92 Å². The molecule has 0 aromatic heterocycles. The van der Waals surface area contributed by atoms with Crippen molar-refractivity contribution in [3.05, 3.63) is 93.8 Å². The summed E-state index contributed by atoms with van der Waals surface area (Å²) in [5, 5.41) is 10.7. The van der Waals surface area contributed by atoms with Gasteiger partial charge >= 0.3 is 5.69 Å². The topological polar surface area (TPSA) is 46.4 Å². The quantitative estimate of drug-likeness (QED) is 0.266. The minimum Gasteiger partial charge on any atom is -0.372 e. The molecule has 0 bridgehead atoms. The van der Waals surface area contributed by atoms with Gasteiger partial charge in [-0.1, -0.05) is 48.6 Å². The van der Waals surface area contributed by atoms with Crippen molar-refractivity contribution >= 4 is 23.5 Å². The van der Waals surface area contributed by atoms with E-state index in [1.54, 1.807) is 6.08 Å². The molecule has 3 aromatic rings.